The summed E-state index contributed by atoms with van der Waals surface area (Å²) in [6, 6.07) is 6.73. The molecule has 110 valence electrons. The lowest BCUT2D eigenvalue weighted by Crippen LogP contribution is -2.32. The summed E-state index contributed by atoms with van der Waals surface area (Å²) in [5, 5.41) is 16.7. The molecule has 0 radical (unpaired) electrons. The Labute approximate surface area is 122 Å². The van der Waals surface area contributed by atoms with Crippen LogP contribution in [0.1, 0.15) is 33.4 Å². The third kappa shape index (κ3) is 2.17. The van der Waals surface area contributed by atoms with Gasteiger partial charge < -0.3 is 14.7 Å². The van der Waals surface area contributed by atoms with Crippen molar-refractivity contribution >= 4 is 5.91 Å². The SMILES string of the molecule is COCCN1C(=O)c2n[nH]c(C)c2C1c1cccc(O)c1. The van der Waals surface area contributed by atoms with Crippen LogP contribution in [0.15, 0.2) is 24.3 Å². The van der Waals surface area contributed by atoms with Crippen LogP contribution in [-0.4, -0.2) is 46.4 Å². The Morgan fingerprint density at radius 1 is 1.48 bits per heavy atom. The monoisotopic (exact) mass is 287 g/mol. The number of aromatic hydroxyl groups is 1. The van der Waals surface area contributed by atoms with E-state index < -0.39 is 0 Å². The number of fused-ring (bicyclic) bond motifs is 1. The van der Waals surface area contributed by atoms with Crippen LogP contribution in [0.4, 0.5) is 0 Å². The number of phenolic OH excluding ortho intramolecular Hbond substituents is 1. The number of ether oxygens (including phenoxy) is 1. The molecule has 6 heteroatoms. The van der Waals surface area contributed by atoms with Crippen LogP contribution in [0.5, 0.6) is 5.75 Å². The van der Waals surface area contributed by atoms with Crippen molar-refractivity contribution in [1.82, 2.24) is 15.1 Å². The Morgan fingerprint density at radius 2 is 2.29 bits per heavy atom. The molecule has 0 bridgehead atoms. The average Bonchev–Trinajstić information content (AvgIpc) is 2.96. The fourth-order valence-corrected chi connectivity index (χ4v) is 2.81. The Bertz CT molecular complexity index is 681. The molecule has 6 nitrogen and oxygen atoms in total. The van der Waals surface area contributed by atoms with E-state index in [1.807, 2.05) is 13.0 Å². The van der Waals surface area contributed by atoms with E-state index >= 15 is 0 Å². The van der Waals surface area contributed by atoms with Gasteiger partial charge in [-0.15, -0.1) is 0 Å². The van der Waals surface area contributed by atoms with Crippen LogP contribution in [0, 0.1) is 6.92 Å². The summed E-state index contributed by atoms with van der Waals surface area (Å²) in [5.74, 6) is 0.0704. The van der Waals surface area contributed by atoms with Gasteiger partial charge in [0.1, 0.15) is 5.75 Å². The van der Waals surface area contributed by atoms with Gasteiger partial charge >= 0.3 is 0 Å². The van der Waals surface area contributed by atoms with Crippen LogP contribution < -0.4 is 0 Å². The van der Waals surface area contributed by atoms with Crippen LogP contribution >= 0.6 is 0 Å². The van der Waals surface area contributed by atoms with Crippen molar-refractivity contribution in [3.05, 3.63) is 46.8 Å². The Hall–Kier alpha value is -2.34. The van der Waals surface area contributed by atoms with Gasteiger partial charge in [0.2, 0.25) is 0 Å². The minimum absolute atomic E-state index is 0.111. The summed E-state index contributed by atoms with van der Waals surface area (Å²) < 4.78 is 5.09. The molecule has 21 heavy (non-hydrogen) atoms. The lowest BCUT2D eigenvalue weighted by molar-refractivity contribution is 0.0676. The molecule has 1 aliphatic rings. The third-order valence-corrected chi connectivity index (χ3v) is 3.77. The number of benzene rings is 1. The van der Waals surface area contributed by atoms with Gasteiger partial charge in [0.15, 0.2) is 5.69 Å². The fourth-order valence-electron chi connectivity index (χ4n) is 2.81. The van der Waals surface area contributed by atoms with Crippen molar-refractivity contribution in [3.8, 4) is 5.75 Å². The van der Waals surface area contributed by atoms with Crippen LogP contribution in [-0.2, 0) is 4.74 Å². The zero-order chi connectivity index (χ0) is 15.0. The summed E-state index contributed by atoms with van der Waals surface area (Å²) in [7, 11) is 1.61. The number of hydrogen-bond acceptors (Lipinski definition) is 4. The average molecular weight is 287 g/mol. The normalized spacial score (nSPS) is 17.3. The van der Waals surface area contributed by atoms with E-state index in [4.69, 9.17) is 4.74 Å². The van der Waals surface area contributed by atoms with E-state index in [0.29, 0.717) is 18.8 Å². The highest BCUT2D eigenvalue weighted by Crippen LogP contribution is 2.39. The number of nitrogens with zero attached hydrogens (tertiary/aromatic N) is 2. The first-order valence-electron chi connectivity index (χ1n) is 6.77. The Balaban J connectivity index is 2.08. The maximum Gasteiger partial charge on any atom is 0.275 e. The number of H-pyrrole nitrogens is 1. The lowest BCUT2D eigenvalue weighted by Gasteiger charge is -2.26. The van der Waals surface area contributed by atoms with Crippen molar-refractivity contribution in [2.75, 3.05) is 20.3 Å². The predicted octanol–water partition coefficient (Wildman–Crippen LogP) is 1.62. The highest BCUT2D eigenvalue weighted by molar-refractivity contribution is 5.98. The lowest BCUT2D eigenvalue weighted by atomic mass is 9.99. The number of carbonyl (C=O) groups excluding carboxylic acids is 1. The van der Waals surface area contributed by atoms with Gasteiger partial charge in [-0.25, -0.2) is 0 Å². The maximum absolute atomic E-state index is 12.5. The van der Waals surface area contributed by atoms with Gasteiger partial charge in [-0.2, -0.15) is 5.10 Å². The highest BCUT2D eigenvalue weighted by Gasteiger charge is 2.41. The number of aromatic nitrogens is 2. The van der Waals surface area contributed by atoms with Gasteiger partial charge in [-0.3, -0.25) is 9.89 Å². The molecular formula is C15H17N3O3. The number of amides is 1. The molecule has 0 aliphatic carbocycles. The van der Waals surface area contributed by atoms with Crippen molar-refractivity contribution in [2.45, 2.75) is 13.0 Å². The minimum Gasteiger partial charge on any atom is -0.508 e. The molecule has 1 atom stereocenters. The number of methoxy groups -OCH3 is 1. The zero-order valence-corrected chi connectivity index (χ0v) is 12.0. The first-order valence-corrected chi connectivity index (χ1v) is 6.77. The number of phenols is 1. The maximum atomic E-state index is 12.5. The van der Waals surface area contributed by atoms with Crippen molar-refractivity contribution < 1.29 is 14.6 Å². The third-order valence-electron chi connectivity index (χ3n) is 3.77. The summed E-state index contributed by atoms with van der Waals surface area (Å²) in [4.78, 5) is 14.2. The number of aryl methyl sites for hydroxylation is 1. The van der Waals surface area contributed by atoms with E-state index in [9.17, 15) is 9.90 Å². The van der Waals surface area contributed by atoms with Gasteiger partial charge in [-0.1, -0.05) is 12.1 Å². The highest BCUT2D eigenvalue weighted by atomic mass is 16.5. The molecule has 1 amide bonds. The first-order chi connectivity index (χ1) is 10.1. The standard InChI is InChI=1S/C15H17N3O3/c1-9-12-13(17-16-9)15(20)18(6-7-21-2)14(12)10-4-3-5-11(19)8-10/h3-5,8,14,19H,6-7H2,1-2H3,(H,16,17). The summed E-state index contributed by atoms with van der Waals surface area (Å²) in [6.45, 7) is 2.83. The molecule has 1 aromatic heterocycles. The molecule has 0 spiro atoms. The molecule has 2 N–H and O–H groups in total. The number of aromatic amines is 1. The number of rotatable bonds is 4. The van der Waals surface area contributed by atoms with Gasteiger partial charge in [-0.05, 0) is 24.6 Å². The van der Waals surface area contributed by atoms with Crippen LogP contribution in [0.3, 0.4) is 0 Å². The second-order valence-corrected chi connectivity index (χ2v) is 5.10. The Kier molecular flexibility index (Phi) is 3.39. The number of hydrogen-bond donors (Lipinski definition) is 2. The topological polar surface area (TPSA) is 78.5 Å². The van der Waals surface area contributed by atoms with Crippen molar-refractivity contribution in [1.29, 1.82) is 0 Å². The number of nitrogens with one attached hydrogen (secondary N) is 1. The van der Waals surface area contributed by atoms with Gasteiger partial charge in [0.25, 0.3) is 5.91 Å². The van der Waals surface area contributed by atoms with Crippen molar-refractivity contribution in [3.63, 3.8) is 0 Å². The van der Waals surface area contributed by atoms with E-state index in [0.717, 1.165) is 16.8 Å². The first kappa shape index (κ1) is 13.6. The molecule has 3 rings (SSSR count). The summed E-state index contributed by atoms with van der Waals surface area (Å²) in [5.41, 5.74) is 3.06. The van der Waals surface area contributed by atoms with Crippen molar-refractivity contribution in [2.24, 2.45) is 0 Å². The predicted molar refractivity (Wildman–Crippen MR) is 76.2 cm³/mol. The molecule has 0 saturated carbocycles. The largest absolute Gasteiger partial charge is 0.508 e. The van der Waals surface area contributed by atoms with Crippen LogP contribution in [0.25, 0.3) is 0 Å². The number of carbonyl (C=O) groups is 1. The second-order valence-electron chi connectivity index (χ2n) is 5.10. The summed E-state index contributed by atoms with van der Waals surface area (Å²) >= 11 is 0. The molecule has 2 aromatic rings. The van der Waals surface area contributed by atoms with Crippen LogP contribution in [0.2, 0.25) is 0 Å². The smallest absolute Gasteiger partial charge is 0.275 e. The molecular weight excluding hydrogens is 270 g/mol. The molecule has 1 aromatic carbocycles. The fraction of sp³-hybridized carbons (Fsp3) is 0.333. The molecule has 1 aliphatic heterocycles. The van der Waals surface area contributed by atoms with E-state index in [-0.39, 0.29) is 17.7 Å². The molecule has 2 heterocycles. The zero-order valence-electron chi connectivity index (χ0n) is 12.0. The summed E-state index contributed by atoms with van der Waals surface area (Å²) in [6.07, 6.45) is 0. The second kappa shape index (κ2) is 5.21. The Morgan fingerprint density at radius 3 is 3.00 bits per heavy atom. The van der Waals surface area contributed by atoms with E-state index in [1.54, 1.807) is 30.2 Å². The molecule has 0 fully saturated rings. The molecule has 0 saturated heterocycles. The van der Waals surface area contributed by atoms with Gasteiger partial charge in [0, 0.05) is 24.9 Å². The molecule has 1 unspecified atom stereocenters. The van der Waals surface area contributed by atoms with E-state index in [1.165, 1.54) is 0 Å². The minimum atomic E-state index is -0.242. The van der Waals surface area contributed by atoms with Gasteiger partial charge in [0.05, 0.1) is 12.6 Å². The van der Waals surface area contributed by atoms with E-state index in [2.05, 4.69) is 10.2 Å². The quantitative estimate of drug-likeness (QED) is 0.895.